The van der Waals surface area contributed by atoms with Crippen LogP contribution >= 0.6 is 33.0 Å². The summed E-state index contributed by atoms with van der Waals surface area (Å²) in [5, 5.41) is 6.81. The van der Waals surface area contributed by atoms with Crippen molar-refractivity contribution in [1.82, 2.24) is 10.6 Å². The van der Waals surface area contributed by atoms with Crippen molar-refractivity contribution in [1.29, 1.82) is 0 Å². The Balaban J connectivity index is -0.000000528. The van der Waals surface area contributed by atoms with Crippen molar-refractivity contribution >= 4 is 43.3 Å². The van der Waals surface area contributed by atoms with E-state index in [-0.39, 0.29) is 0 Å². The van der Waals surface area contributed by atoms with E-state index in [9.17, 15) is 0 Å². The van der Waals surface area contributed by atoms with Gasteiger partial charge in [0.2, 0.25) is 0 Å². The minimum absolute atomic E-state index is 0.427. The summed E-state index contributed by atoms with van der Waals surface area (Å²) in [5.41, 5.74) is 10.7. The second kappa shape index (κ2) is 37.8. The third kappa shape index (κ3) is 52.8. The van der Waals surface area contributed by atoms with Crippen LogP contribution in [0.4, 0.5) is 0 Å². The van der Waals surface area contributed by atoms with Gasteiger partial charge in [0.1, 0.15) is 0 Å². The van der Waals surface area contributed by atoms with Gasteiger partial charge in [-0.1, -0.05) is 129 Å². The van der Waals surface area contributed by atoms with E-state index in [1.165, 1.54) is 136 Å². The van der Waals surface area contributed by atoms with E-state index >= 15 is 0 Å². The molecule has 0 aromatic carbocycles. The van der Waals surface area contributed by atoms with E-state index in [1.54, 1.807) is 0 Å². The minimum atomic E-state index is -2.10. The van der Waals surface area contributed by atoms with Crippen LogP contribution < -0.4 is 22.1 Å². The zero-order valence-corrected chi connectivity index (χ0v) is 26.8. The van der Waals surface area contributed by atoms with Gasteiger partial charge >= 0.3 is 8.60 Å². The number of rotatable bonds is 23. The molecule has 0 saturated heterocycles. The van der Waals surface area contributed by atoms with Gasteiger partial charge < -0.3 is 36.4 Å². The Kier molecular flexibility index (Phi) is 42.1. The largest absolute Gasteiger partial charge is 0.376 e. The first kappa shape index (κ1) is 41.2. The first-order valence-corrected chi connectivity index (χ1v) is 16.6. The molecule has 0 aliphatic heterocycles. The Morgan fingerprint density at radius 2 is 0.784 bits per heavy atom. The highest BCUT2D eigenvalue weighted by Gasteiger charge is 1.94. The van der Waals surface area contributed by atoms with Gasteiger partial charge in [0, 0.05) is 20.2 Å². The molecule has 224 valence electrons. The maximum atomic E-state index is 7.76. The number of nitrogens with one attached hydrogen (secondary N) is 2. The molecule has 0 unspecified atom stereocenters. The zero-order valence-electron chi connectivity index (χ0n) is 24.3. The molecule has 0 aromatic heterocycles. The van der Waals surface area contributed by atoms with Crippen LogP contribution in [0, 0.1) is 0 Å². The van der Waals surface area contributed by atoms with E-state index < -0.39 is 8.60 Å². The number of hydrogen-bond acceptors (Lipinski definition) is 5. The maximum Gasteiger partial charge on any atom is 0.326 e. The molecular formula is C27H61N4O3PS2. The van der Waals surface area contributed by atoms with Gasteiger partial charge in [-0.15, -0.1) is 0 Å². The monoisotopic (exact) mass is 584 g/mol. The van der Waals surface area contributed by atoms with Crippen LogP contribution in [0.5, 0.6) is 0 Å². The number of unbranched alkanes of at least 4 members (excludes halogenated alkanes) is 18. The highest BCUT2D eigenvalue weighted by atomic mass is 32.1. The molecule has 0 spiro atoms. The molecule has 10 heteroatoms. The highest BCUT2D eigenvalue weighted by Crippen LogP contribution is 2.20. The summed E-state index contributed by atoms with van der Waals surface area (Å²) in [4.78, 5) is 15.5. The minimum Gasteiger partial charge on any atom is -0.376 e. The molecule has 0 rings (SSSR count). The summed E-state index contributed by atoms with van der Waals surface area (Å²) in [7, 11) is -0.870. The summed E-state index contributed by atoms with van der Waals surface area (Å²) in [6.45, 7) is 6.40. The average molecular weight is 585 g/mol. The molecule has 7 nitrogen and oxygen atoms in total. The summed E-state index contributed by atoms with van der Waals surface area (Å²) in [6.07, 6.45) is 27.3. The highest BCUT2D eigenvalue weighted by molar-refractivity contribution is 7.80. The average Bonchev–Trinajstić information content (AvgIpc) is 2.86. The van der Waals surface area contributed by atoms with Crippen LogP contribution in [0.2, 0.25) is 0 Å². The predicted octanol–water partition coefficient (Wildman–Crippen LogP) is 7.33. The van der Waals surface area contributed by atoms with E-state index in [0.717, 1.165) is 13.1 Å². The lowest BCUT2D eigenvalue weighted by atomic mass is 10.1. The number of nitrogens with two attached hydrogens (primary N) is 2. The molecule has 0 heterocycles. The van der Waals surface area contributed by atoms with E-state index in [4.69, 9.17) is 45.7 Å². The maximum absolute atomic E-state index is 7.76. The predicted molar refractivity (Wildman–Crippen MR) is 172 cm³/mol. The van der Waals surface area contributed by atoms with Crippen LogP contribution in [-0.4, -0.2) is 40.2 Å². The van der Waals surface area contributed by atoms with Gasteiger partial charge in [-0.2, -0.15) is 0 Å². The van der Waals surface area contributed by atoms with Crippen LogP contribution in [-0.2, 0) is 4.52 Å². The molecule has 0 bridgehead atoms. The fourth-order valence-electron chi connectivity index (χ4n) is 3.65. The van der Waals surface area contributed by atoms with Crippen LogP contribution in [0.25, 0.3) is 0 Å². The molecule has 37 heavy (non-hydrogen) atoms. The Bertz CT molecular complexity index is 429. The van der Waals surface area contributed by atoms with Crippen molar-refractivity contribution in [3.8, 4) is 0 Å². The van der Waals surface area contributed by atoms with Crippen LogP contribution in [0.1, 0.15) is 142 Å². The normalized spacial score (nSPS) is 10.2. The summed E-state index contributed by atoms with van der Waals surface area (Å²) in [5.74, 6) is 0. The van der Waals surface area contributed by atoms with Gasteiger partial charge in [0.15, 0.2) is 10.2 Å². The number of hydrogen-bond donors (Lipinski definition) is 6. The van der Waals surface area contributed by atoms with Gasteiger partial charge in [-0.3, -0.25) is 0 Å². The quantitative estimate of drug-likeness (QED) is 0.0416. The molecule has 0 fully saturated rings. The molecule has 0 radical (unpaired) electrons. The SMILES string of the molecule is CCCCCCCCCCCCNC(N)=S.CCCCCCCCCCCCNC(N)=S.COP(O)O. The molecule has 0 aliphatic rings. The van der Waals surface area contributed by atoms with Gasteiger partial charge in [-0.25, -0.2) is 0 Å². The second-order valence-corrected chi connectivity index (χ2v) is 11.1. The topological polar surface area (TPSA) is 126 Å². The number of thiocarbonyl (C=S) groups is 2. The third-order valence-corrected chi connectivity index (χ3v) is 6.44. The molecule has 0 aromatic rings. The molecule has 0 saturated carbocycles. The van der Waals surface area contributed by atoms with Crippen molar-refractivity contribution in [2.75, 3.05) is 20.2 Å². The zero-order chi connectivity index (χ0) is 28.4. The molecule has 0 aliphatic carbocycles. The molecule has 8 N–H and O–H groups in total. The van der Waals surface area contributed by atoms with Gasteiger partial charge in [-0.05, 0) is 37.3 Å². The molecular weight excluding hydrogens is 523 g/mol. The fourth-order valence-corrected chi connectivity index (χ4v) is 3.85. The lowest BCUT2D eigenvalue weighted by molar-refractivity contribution is 0.310. The van der Waals surface area contributed by atoms with E-state index in [0.29, 0.717) is 10.2 Å². The standard InChI is InChI=1S/2C13H28N2S.CH5O3P/c2*1-2-3-4-5-6-7-8-9-10-11-12-15-13(14)16;1-4-5(2)3/h2*2-12H2,1H3,(H3,14,15,16);2-3H,1H3. The summed E-state index contributed by atoms with van der Waals surface area (Å²) < 4.78 is 3.93. The van der Waals surface area contributed by atoms with Crippen molar-refractivity contribution in [2.24, 2.45) is 11.5 Å². The summed E-state index contributed by atoms with van der Waals surface area (Å²) in [6, 6.07) is 0. The Labute approximate surface area is 241 Å². The first-order valence-electron chi connectivity index (χ1n) is 14.6. The van der Waals surface area contributed by atoms with Crippen molar-refractivity contribution in [2.45, 2.75) is 142 Å². The Morgan fingerprint density at radius 1 is 0.568 bits per heavy atom. The van der Waals surface area contributed by atoms with Crippen molar-refractivity contribution < 1.29 is 14.3 Å². The van der Waals surface area contributed by atoms with E-state index in [1.807, 2.05) is 0 Å². The Hall–Kier alpha value is -0.310. The summed E-state index contributed by atoms with van der Waals surface area (Å²) >= 11 is 9.46. The van der Waals surface area contributed by atoms with Gasteiger partial charge in [0.25, 0.3) is 0 Å². The lowest BCUT2D eigenvalue weighted by Gasteiger charge is -2.03. The first-order chi connectivity index (χ1) is 17.8. The lowest BCUT2D eigenvalue weighted by Crippen LogP contribution is -2.29. The van der Waals surface area contributed by atoms with Crippen molar-refractivity contribution in [3.05, 3.63) is 0 Å². The van der Waals surface area contributed by atoms with Gasteiger partial charge in [0.05, 0.1) is 0 Å². The van der Waals surface area contributed by atoms with Crippen molar-refractivity contribution in [3.63, 3.8) is 0 Å². The van der Waals surface area contributed by atoms with Crippen LogP contribution in [0.3, 0.4) is 0 Å². The smallest absolute Gasteiger partial charge is 0.326 e. The molecule has 0 amide bonds. The van der Waals surface area contributed by atoms with Crippen LogP contribution in [0.15, 0.2) is 0 Å². The third-order valence-electron chi connectivity index (χ3n) is 5.82. The Morgan fingerprint density at radius 3 is 0.973 bits per heavy atom. The van der Waals surface area contributed by atoms with E-state index in [2.05, 4.69) is 29.0 Å². The fraction of sp³-hybridized carbons (Fsp3) is 0.926. The molecule has 0 atom stereocenters. The second-order valence-electron chi connectivity index (χ2n) is 9.38.